The van der Waals surface area contributed by atoms with E-state index in [-0.39, 0.29) is 22.9 Å². The number of Topliss-reactive ketones (excluding diaryl/α,β-unsaturated/α-hetero) is 1. The van der Waals surface area contributed by atoms with Crippen LogP contribution in [0.5, 0.6) is 0 Å². The van der Waals surface area contributed by atoms with E-state index in [0.29, 0.717) is 16.9 Å². The Morgan fingerprint density at radius 2 is 2.04 bits per heavy atom. The van der Waals surface area contributed by atoms with E-state index in [2.05, 4.69) is 29.1 Å². The number of rotatable bonds is 1. The highest BCUT2D eigenvalue weighted by Crippen LogP contribution is 2.50. The van der Waals surface area contributed by atoms with E-state index in [1.165, 1.54) is 0 Å². The Kier molecular flexibility index (Phi) is 3.40. The molecular formula is C17H17N3O2S2. The van der Waals surface area contributed by atoms with E-state index >= 15 is 0 Å². The lowest BCUT2D eigenvalue weighted by atomic mass is 9.69. The second-order valence-corrected chi connectivity index (χ2v) is 8.47. The average Bonchev–Trinajstić information content (AvgIpc) is 2.97. The minimum Gasteiger partial charge on any atom is -0.359 e. The van der Waals surface area contributed by atoms with E-state index in [9.17, 15) is 9.59 Å². The van der Waals surface area contributed by atoms with Crippen molar-refractivity contribution in [2.75, 3.05) is 5.32 Å². The summed E-state index contributed by atoms with van der Waals surface area (Å²) in [5.41, 5.74) is 2.04. The third-order valence-corrected chi connectivity index (χ3v) is 5.81. The molecule has 0 amide bonds. The lowest BCUT2D eigenvalue weighted by Gasteiger charge is -2.38. The summed E-state index contributed by atoms with van der Waals surface area (Å²) in [7, 11) is 0. The van der Waals surface area contributed by atoms with E-state index in [0.717, 1.165) is 28.0 Å². The molecule has 1 unspecified atom stereocenters. The number of ketones is 1. The lowest BCUT2D eigenvalue weighted by molar-refractivity contribution is -0.118. The Bertz CT molecular complexity index is 980. The molecule has 0 saturated heterocycles. The fraction of sp³-hybridized carbons (Fsp3) is 0.353. The first-order valence-corrected chi connectivity index (χ1v) is 9.08. The van der Waals surface area contributed by atoms with Crippen LogP contribution >= 0.6 is 23.6 Å². The quantitative estimate of drug-likeness (QED) is 0.677. The smallest absolute Gasteiger partial charge is 0.325 e. The lowest BCUT2D eigenvalue weighted by Crippen LogP contribution is -2.34. The minimum absolute atomic E-state index is 0.123. The number of allylic oxidation sites excluding steroid dienone is 1. The predicted molar refractivity (Wildman–Crippen MR) is 97.9 cm³/mol. The highest BCUT2D eigenvalue weighted by Gasteiger charge is 2.41. The van der Waals surface area contributed by atoms with Gasteiger partial charge in [-0.05, 0) is 28.9 Å². The van der Waals surface area contributed by atoms with Crippen LogP contribution < -0.4 is 11.0 Å². The van der Waals surface area contributed by atoms with Crippen LogP contribution in [0.4, 0.5) is 5.82 Å². The number of anilines is 1. The van der Waals surface area contributed by atoms with Crippen LogP contribution in [-0.4, -0.2) is 15.8 Å². The van der Waals surface area contributed by atoms with Gasteiger partial charge in [0.05, 0.1) is 11.6 Å². The highest BCUT2D eigenvalue weighted by molar-refractivity contribution is 7.71. The molecule has 0 spiro atoms. The van der Waals surface area contributed by atoms with Gasteiger partial charge in [0.15, 0.2) is 5.78 Å². The summed E-state index contributed by atoms with van der Waals surface area (Å²) in [6.45, 7) is 4.18. The molecule has 5 nitrogen and oxygen atoms in total. The second-order valence-electron chi connectivity index (χ2n) is 7.08. The van der Waals surface area contributed by atoms with Gasteiger partial charge in [-0.2, -0.15) is 0 Å². The van der Waals surface area contributed by atoms with Gasteiger partial charge in [-0.15, -0.1) is 11.3 Å². The molecule has 124 valence electrons. The van der Waals surface area contributed by atoms with Crippen molar-refractivity contribution in [3.63, 3.8) is 0 Å². The maximum atomic E-state index is 12.9. The summed E-state index contributed by atoms with van der Waals surface area (Å²) in [6.07, 6.45) is 1.28. The number of aromatic amines is 2. The number of hydrogen-bond donors (Lipinski definition) is 3. The number of carbonyl (C=O) groups excluding carboxylic acids is 1. The molecule has 1 aliphatic heterocycles. The summed E-state index contributed by atoms with van der Waals surface area (Å²) in [5, 5.41) is 5.32. The number of H-pyrrole nitrogens is 2. The highest BCUT2D eigenvalue weighted by atomic mass is 32.1. The van der Waals surface area contributed by atoms with Crippen molar-refractivity contribution in [3.05, 3.63) is 48.7 Å². The van der Waals surface area contributed by atoms with Crippen LogP contribution in [-0.2, 0) is 4.79 Å². The first kappa shape index (κ1) is 15.5. The standard InChI is InChI=1S/C17H17N3O2S2/c1-17(2)6-8-11(9(21)7-17)13(10-4-3-5-24-10)18-14-12(8)15(23)20-16(22)19-14/h3-5,13H,6-7H2,1-2H3,(H3,18,19,20,22,23). The summed E-state index contributed by atoms with van der Waals surface area (Å²) in [5.74, 6) is 0.754. The van der Waals surface area contributed by atoms with Gasteiger partial charge in [0.1, 0.15) is 10.5 Å². The van der Waals surface area contributed by atoms with E-state index < -0.39 is 0 Å². The molecule has 0 aromatic carbocycles. The Balaban J connectivity index is 2.02. The fourth-order valence-corrected chi connectivity index (χ4v) is 4.76. The van der Waals surface area contributed by atoms with Gasteiger partial charge in [-0.1, -0.05) is 32.1 Å². The Hall–Kier alpha value is -1.99. The second kappa shape index (κ2) is 5.26. The molecule has 1 aliphatic carbocycles. The topological polar surface area (TPSA) is 77.8 Å². The number of aromatic nitrogens is 2. The number of fused-ring (bicyclic) bond motifs is 2. The molecule has 3 N–H and O–H groups in total. The number of thiophene rings is 1. The molecule has 1 atom stereocenters. The van der Waals surface area contributed by atoms with Gasteiger partial charge >= 0.3 is 5.69 Å². The van der Waals surface area contributed by atoms with Gasteiger partial charge in [-0.3, -0.25) is 14.8 Å². The maximum Gasteiger partial charge on any atom is 0.325 e. The summed E-state index contributed by atoms with van der Waals surface area (Å²) in [4.78, 5) is 31.2. The van der Waals surface area contributed by atoms with Crippen LogP contribution in [0.3, 0.4) is 0 Å². The average molecular weight is 359 g/mol. The maximum absolute atomic E-state index is 12.9. The van der Waals surface area contributed by atoms with Crippen LogP contribution in [0.2, 0.25) is 0 Å². The molecule has 0 bridgehead atoms. The van der Waals surface area contributed by atoms with Gasteiger partial charge < -0.3 is 5.32 Å². The Morgan fingerprint density at radius 3 is 2.75 bits per heavy atom. The van der Waals surface area contributed by atoms with Crippen molar-refractivity contribution in [2.45, 2.75) is 32.7 Å². The molecule has 2 aliphatic rings. The molecule has 2 aromatic rings. The third-order valence-electron chi connectivity index (χ3n) is 4.57. The zero-order valence-corrected chi connectivity index (χ0v) is 15.0. The van der Waals surface area contributed by atoms with Crippen molar-refractivity contribution < 1.29 is 4.79 Å². The molecule has 0 fully saturated rings. The fourth-order valence-electron chi connectivity index (χ4n) is 3.66. The van der Waals surface area contributed by atoms with Gasteiger partial charge in [0.2, 0.25) is 0 Å². The van der Waals surface area contributed by atoms with Crippen molar-refractivity contribution in [1.29, 1.82) is 0 Å². The van der Waals surface area contributed by atoms with Crippen molar-refractivity contribution in [2.24, 2.45) is 5.41 Å². The summed E-state index contributed by atoms with van der Waals surface area (Å²) < 4.78 is 0.379. The zero-order valence-electron chi connectivity index (χ0n) is 13.4. The van der Waals surface area contributed by atoms with Crippen molar-refractivity contribution >= 4 is 40.7 Å². The summed E-state index contributed by atoms with van der Waals surface area (Å²) in [6, 6.07) is 3.74. The van der Waals surface area contributed by atoms with E-state index in [1.54, 1.807) is 11.3 Å². The Labute approximate surface area is 147 Å². The third kappa shape index (κ3) is 2.39. The van der Waals surface area contributed by atoms with Crippen LogP contribution in [0.15, 0.2) is 27.9 Å². The van der Waals surface area contributed by atoms with Crippen LogP contribution in [0.1, 0.15) is 43.2 Å². The molecule has 4 rings (SSSR count). The minimum atomic E-state index is -0.346. The predicted octanol–water partition coefficient (Wildman–Crippen LogP) is 3.80. The number of carbonyl (C=O) groups is 1. The number of nitrogens with one attached hydrogen (secondary N) is 3. The summed E-state index contributed by atoms with van der Waals surface area (Å²) >= 11 is 6.98. The van der Waals surface area contributed by atoms with E-state index in [1.807, 2.05) is 17.5 Å². The van der Waals surface area contributed by atoms with Crippen molar-refractivity contribution in [1.82, 2.24) is 9.97 Å². The molecule has 0 radical (unpaired) electrons. The molecule has 0 saturated carbocycles. The Morgan fingerprint density at radius 1 is 1.25 bits per heavy atom. The van der Waals surface area contributed by atoms with Gasteiger partial charge in [0.25, 0.3) is 0 Å². The monoisotopic (exact) mass is 359 g/mol. The van der Waals surface area contributed by atoms with Crippen LogP contribution in [0.25, 0.3) is 5.57 Å². The van der Waals surface area contributed by atoms with Gasteiger partial charge in [-0.25, -0.2) is 4.79 Å². The molecule has 24 heavy (non-hydrogen) atoms. The normalized spacial score (nSPS) is 21.9. The molecule has 3 heterocycles. The molecule has 2 aromatic heterocycles. The number of hydrogen-bond acceptors (Lipinski definition) is 5. The van der Waals surface area contributed by atoms with E-state index in [4.69, 9.17) is 12.2 Å². The molecule has 7 heteroatoms. The SMILES string of the molecule is CC1(C)CC(=O)C2=C(C1)c1c([nH]c(=O)[nH]c1=S)NC2c1cccs1. The first-order valence-electron chi connectivity index (χ1n) is 7.79. The first-order chi connectivity index (χ1) is 11.4. The van der Waals surface area contributed by atoms with Crippen molar-refractivity contribution in [3.8, 4) is 0 Å². The molecular weight excluding hydrogens is 342 g/mol. The van der Waals surface area contributed by atoms with Gasteiger partial charge in [0, 0.05) is 16.9 Å². The van der Waals surface area contributed by atoms with Crippen LogP contribution in [0, 0.1) is 10.1 Å². The largest absolute Gasteiger partial charge is 0.359 e. The zero-order chi connectivity index (χ0) is 17.1.